The highest BCUT2D eigenvalue weighted by Crippen LogP contribution is 2.70. The molecule has 0 aliphatic heterocycles. The lowest BCUT2D eigenvalue weighted by Gasteiger charge is -2.64. The summed E-state index contributed by atoms with van der Waals surface area (Å²) >= 11 is 0. The van der Waals surface area contributed by atoms with Gasteiger partial charge in [-0.25, -0.2) is 0 Å². The summed E-state index contributed by atoms with van der Waals surface area (Å²) in [6.45, 7) is 16.7. The fraction of sp³-hybridized carbons (Fsp3) is 0.923. The van der Waals surface area contributed by atoms with Gasteiger partial charge in [-0.05, 0) is 111 Å². The van der Waals surface area contributed by atoms with Gasteiger partial charge in [-0.1, -0.05) is 46.3 Å². The van der Waals surface area contributed by atoms with E-state index in [2.05, 4.69) is 41.2 Å². The Morgan fingerprint density at radius 3 is 2.44 bits per heavy atom. The Morgan fingerprint density at radius 1 is 1.04 bits per heavy atom. The van der Waals surface area contributed by atoms with Crippen LogP contribution in [-0.2, 0) is 0 Å². The molecule has 0 radical (unpaired) electrons. The average Bonchev–Trinajstić information content (AvgIpc) is 2.92. The smallest absolute Gasteiger partial charge is 0.0650 e. The molecule has 0 saturated heterocycles. The van der Waals surface area contributed by atoms with Gasteiger partial charge in [-0.15, -0.1) is 0 Å². The number of allylic oxidation sites excluding steroid dienone is 1. The van der Waals surface area contributed by atoms with Gasteiger partial charge in [0.05, 0.1) is 5.60 Å². The molecule has 9 atom stereocenters. The molecule has 0 unspecified atom stereocenters. The zero-order chi connectivity index (χ0) is 19.6. The molecule has 0 aromatic carbocycles. The predicted octanol–water partition coefficient (Wildman–Crippen LogP) is 7.00. The van der Waals surface area contributed by atoms with Crippen molar-refractivity contribution in [1.29, 1.82) is 0 Å². The molecule has 1 nitrogen and oxygen atoms in total. The standard InChI is InChI=1S/C26H44O/c1-7-12-26(27)14-13-24(5)19(16-26)8-9-20-22-11-10-21(17(2)3)25(22,6)15-18(4)23(20)24/h18-23,27H,2,7-16H2,1,3-6H3/t18-,19-,20+,21-,22+,23+,24+,25-,26-/m1/s1. The minimum Gasteiger partial charge on any atom is -0.390 e. The molecule has 154 valence electrons. The molecule has 1 N–H and O–H groups in total. The van der Waals surface area contributed by atoms with Crippen molar-refractivity contribution < 1.29 is 5.11 Å². The summed E-state index contributed by atoms with van der Waals surface area (Å²) in [5, 5.41) is 11.2. The molecule has 0 spiro atoms. The molecular weight excluding hydrogens is 328 g/mol. The SMILES string of the molecule is C=C(C)[C@H]1CC[C@H]2[C@@H]3CC[C@@H]4C[C@@](O)(CCC)CC[C@]4(C)[C@H]3[C@H](C)C[C@]12C. The molecule has 0 aromatic heterocycles. The lowest BCUT2D eigenvalue weighted by Crippen LogP contribution is -2.58. The van der Waals surface area contributed by atoms with Crippen LogP contribution in [0.5, 0.6) is 0 Å². The van der Waals surface area contributed by atoms with Crippen molar-refractivity contribution in [3.05, 3.63) is 12.2 Å². The number of hydrogen-bond donors (Lipinski definition) is 1. The van der Waals surface area contributed by atoms with Gasteiger partial charge >= 0.3 is 0 Å². The third kappa shape index (κ3) is 2.89. The highest BCUT2D eigenvalue weighted by molar-refractivity contribution is 5.16. The first-order valence-corrected chi connectivity index (χ1v) is 12.0. The van der Waals surface area contributed by atoms with Crippen molar-refractivity contribution in [3.63, 3.8) is 0 Å². The molecule has 4 aliphatic carbocycles. The Morgan fingerprint density at radius 2 is 1.78 bits per heavy atom. The van der Waals surface area contributed by atoms with Crippen LogP contribution >= 0.6 is 0 Å². The largest absolute Gasteiger partial charge is 0.390 e. The Hall–Kier alpha value is -0.300. The molecule has 4 aliphatic rings. The highest BCUT2D eigenvalue weighted by Gasteiger charge is 2.63. The second-order valence-corrected chi connectivity index (χ2v) is 11.9. The summed E-state index contributed by atoms with van der Waals surface area (Å²) in [4.78, 5) is 0. The first-order valence-electron chi connectivity index (χ1n) is 12.0. The molecule has 4 fully saturated rings. The molecular formula is C26H44O. The summed E-state index contributed by atoms with van der Waals surface area (Å²) in [5.41, 5.74) is 2.03. The van der Waals surface area contributed by atoms with Crippen LogP contribution in [0.2, 0.25) is 0 Å². The van der Waals surface area contributed by atoms with E-state index >= 15 is 0 Å². The van der Waals surface area contributed by atoms with E-state index in [-0.39, 0.29) is 5.60 Å². The number of aliphatic hydroxyl groups is 1. The van der Waals surface area contributed by atoms with Crippen molar-refractivity contribution in [1.82, 2.24) is 0 Å². The summed E-state index contributed by atoms with van der Waals surface area (Å²) in [6.07, 6.45) is 12.5. The maximum absolute atomic E-state index is 11.2. The third-order valence-corrected chi connectivity index (χ3v) is 10.4. The number of hydrogen-bond acceptors (Lipinski definition) is 1. The molecule has 0 bridgehead atoms. The molecule has 4 rings (SSSR count). The van der Waals surface area contributed by atoms with E-state index < -0.39 is 0 Å². The minimum atomic E-state index is -0.364. The lowest BCUT2D eigenvalue weighted by atomic mass is 9.41. The highest BCUT2D eigenvalue weighted by atomic mass is 16.3. The molecule has 1 heteroatoms. The van der Waals surface area contributed by atoms with E-state index in [0.29, 0.717) is 10.8 Å². The topological polar surface area (TPSA) is 20.2 Å². The fourth-order valence-electron chi connectivity index (χ4n) is 9.54. The van der Waals surface area contributed by atoms with E-state index in [1.807, 2.05) is 0 Å². The van der Waals surface area contributed by atoms with Crippen LogP contribution in [0, 0.1) is 46.3 Å². The quantitative estimate of drug-likeness (QED) is 0.529. The van der Waals surface area contributed by atoms with Gasteiger partial charge < -0.3 is 5.11 Å². The second kappa shape index (κ2) is 6.61. The zero-order valence-electron chi connectivity index (χ0n) is 18.7. The van der Waals surface area contributed by atoms with Gasteiger partial charge in [0.2, 0.25) is 0 Å². The van der Waals surface area contributed by atoms with Crippen LogP contribution < -0.4 is 0 Å². The van der Waals surface area contributed by atoms with E-state index in [4.69, 9.17) is 0 Å². The normalized spacial score (nSPS) is 54.7. The van der Waals surface area contributed by atoms with E-state index in [1.165, 1.54) is 44.1 Å². The van der Waals surface area contributed by atoms with Gasteiger partial charge in [-0.2, -0.15) is 0 Å². The van der Waals surface area contributed by atoms with Crippen molar-refractivity contribution in [2.75, 3.05) is 0 Å². The van der Waals surface area contributed by atoms with Gasteiger partial charge in [0.15, 0.2) is 0 Å². The van der Waals surface area contributed by atoms with Crippen LogP contribution in [0.1, 0.15) is 98.8 Å². The first-order chi connectivity index (χ1) is 12.6. The molecule has 0 heterocycles. The Kier molecular flexibility index (Phi) is 4.90. The van der Waals surface area contributed by atoms with Crippen molar-refractivity contribution >= 4 is 0 Å². The van der Waals surface area contributed by atoms with Crippen LogP contribution in [0.25, 0.3) is 0 Å². The Bertz CT molecular complexity index is 595. The van der Waals surface area contributed by atoms with Gasteiger partial charge in [-0.3, -0.25) is 0 Å². The summed E-state index contributed by atoms with van der Waals surface area (Å²) < 4.78 is 0. The number of fused-ring (bicyclic) bond motifs is 5. The second-order valence-electron chi connectivity index (χ2n) is 11.9. The monoisotopic (exact) mass is 372 g/mol. The Balaban J connectivity index is 1.62. The summed E-state index contributed by atoms with van der Waals surface area (Å²) in [6, 6.07) is 0. The average molecular weight is 373 g/mol. The minimum absolute atomic E-state index is 0.364. The lowest BCUT2D eigenvalue weighted by molar-refractivity contribution is -0.169. The van der Waals surface area contributed by atoms with E-state index in [0.717, 1.165) is 61.2 Å². The predicted molar refractivity (Wildman–Crippen MR) is 114 cm³/mol. The van der Waals surface area contributed by atoms with E-state index in [1.54, 1.807) is 0 Å². The van der Waals surface area contributed by atoms with Gasteiger partial charge in [0.25, 0.3) is 0 Å². The van der Waals surface area contributed by atoms with Crippen molar-refractivity contribution in [3.8, 4) is 0 Å². The first kappa shape index (κ1) is 20.0. The van der Waals surface area contributed by atoms with Crippen molar-refractivity contribution in [2.45, 2.75) is 104 Å². The van der Waals surface area contributed by atoms with Crippen LogP contribution in [-0.4, -0.2) is 10.7 Å². The fourth-order valence-corrected chi connectivity index (χ4v) is 9.54. The van der Waals surface area contributed by atoms with Crippen LogP contribution in [0.3, 0.4) is 0 Å². The van der Waals surface area contributed by atoms with Crippen LogP contribution in [0.15, 0.2) is 12.2 Å². The maximum Gasteiger partial charge on any atom is 0.0650 e. The van der Waals surface area contributed by atoms with Gasteiger partial charge in [0.1, 0.15) is 0 Å². The van der Waals surface area contributed by atoms with Crippen molar-refractivity contribution in [2.24, 2.45) is 46.3 Å². The molecule has 4 saturated carbocycles. The third-order valence-electron chi connectivity index (χ3n) is 10.4. The molecule has 0 amide bonds. The van der Waals surface area contributed by atoms with Crippen LogP contribution in [0.4, 0.5) is 0 Å². The zero-order valence-corrected chi connectivity index (χ0v) is 18.7. The molecule has 27 heavy (non-hydrogen) atoms. The summed E-state index contributed by atoms with van der Waals surface area (Å²) in [5.74, 6) is 5.02. The Labute approximate surface area is 168 Å². The summed E-state index contributed by atoms with van der Waals surface area (Å²) in [7, 11) is 0. The molecule has 0 aromatic rings. The van der Waals surface area contributed by atoms with Gasteiger partial charge in [0, 0.05) is 0 Å². The maximum atomic E-state index is 11.2. The number of rotatable bonds is 3. The van der Waals surface area contributed by atoms with E-state index in [9.17, 15) is 5.11 Å².